The molecule has 19 heavy (non-hydrogen) atoms. The Balaban J connectivity index is 1.55. The van der Waals surface area contributed by atoms with E-state index in [0.717, 1.165) is 6.54 Å². The molecule has 1 heterocycles. The van der Waals surface area contributed by atoms with E-state index < -0.39 is 0 Å². The molecule has 1 aliphatic rings. The van der Waals surface area contributed by atoms with Crippen LogP contribution >= 0.6 is 7.92 Å². The summed E-state index contributed by atoms with van der Waals surface area (Å²) in [5.74, 6) is 0. The van der Waals surface area contributed by atoms with E-state index in [1.807, 2.05) is 0 Å². The third-order valence-corrected chi connectivity index (χ3v) is 6.25. The molecule has 0 bridgehead atoms. The topological polar surface area (TPSA) is 3.24 Å². The van der Waals surface area contributed by atoms with E-state index in [-0.39, 0.29) is 7.92 Å². The summed E-state index contributed by atoms with van der Waals surface area (Å²) < 4.78 is 0. The van der Waals surface area contributed by atoms with Gasteiger partial charge in [0.1, 0.15) is 0 Å². The van der Waals surface area contributed by atoms with Gasteiger partial charge in [-0.05, 0) is 23.2 Å². The molecule has 0 aromatic heterocycles. The van der Waals surface area contributed by atoms with Crippen LogP contribution in [0.15, 0.2) is 60.7 Å². The fourth-order valence-corrected chi connectivity index (χ4v) is 5.03. The molecule has 0 atom stereocenters. The SMILES string of the molecule is c1ccc(CN2CCP(c3ccccc3)CC2)cc1. The number of benzene rings is 2. The molecule has 0 radical (unpaired) electrons. The summed E-state index contributed by atoms with van der Waals surface area (Å²) in [5.41, 5.74) is 1.44. The van der Waals surface area contributed by atoms with Gasteiger partial charge in [-0.15, -0.1) is 0 Å². The molecule has 1 saturated heterocycles. The Morgan fingerprint density at radius 3 is 2.00 bits per heavy atom. The van der Waals surface area contributed by atoms with E-state index in [0.29, 0.717) is 0 Å². The summed E-state index contributed by atoms with van der Waals surface area (Å²) in [6, 6.07) is 21.9. The van der Waals surface area contributed by atoms with Crippen LogP contribution in [0.5, 0.6) is 0 Å². The molecule has 2 aromatic carbocycles. The van der Waals surface area contributed by atoms with Crippen LogP contribution < -0.4 is 5.30 Å². The van der Waals surface area contributed by atoms with E-state index >= 15 is 0 Å². The molecule has 98 valence electrons. The second kappa shape index (κ2) is 6.32. The molecule has 0 saturated carbocycles. The normalized spacial score (nSPS) is 17.5. The van der Waals surface area contributed by atoms with E-state index in [1.165, 1.54) is 31.0 Å². The summed E-state index contributed by atoms with van der Waals surface area (Å²) >= 11 is 0. The van der Waals surface area contributed by atoms with Crippen LogP contribution in [0.4, 0.5) is 0 Å². The van der Waals surface area contributed by atoms with Gasteiger partial charge in [-0.3, -0.25) is 4.90 Å². The zero-order chi connectivity index (χ0) is 12.9. The lowest BCUT2D eigenvalue weighted by Gasteiger charge is -2.32. The first-order valence-electron chi connectivity index (χ1n) is 6.98. The van der Waals surface area contributed by atoms with Crippen molar-refractivity contribution in [2.45, 2.75) is 6.54 Å². The van der Waals surface area contributed by atoms with Gasteiger partial charge in [0, 0.05) is 19.6 Å². The fourth-order valence-electron chi connectivity index (χ4n) is 2.64. The van der Waals surface area contributed by atoms with Gasteiger partial charge in [-0.1, -0.05) is 68.6 Å². The molecule has 1 aliphatic heterocycles. The Kier molecular flexibility index (Phi) is 4.27. The molecule has 0 unspecified atom stereocenters. The summed E-state index contributed by atoms with van der Waals surface area (Å²) in [4.78, 5) is 2.59. The zero-order valence-electron chi connectivity index (χ0n) is 11.2. The van der Waals surface area contributed by atoms with Crippen LogP contribution in [0.2, 0.25) is 0 Å². The predicted octanol–water partition coefficient (Wildman–Crippen LogP) is 3.31. The summed E-state index contributed by atoms with van der Waals surface area (Å²) in [5, 5.41) is 1.58. The molecule has 0 spiro atoms. The van der Waals surface area contributed by atoms with Gasteiger partial charge in [0.15, 0.2) is 0 Å². The largest absolute Gasteiger partial charge is 0.298 e. The van der Waals surface area contributed by atoms with Gasteiger partial charge in [0.05, 0.1) is 0 Å². The summed E-state index contributed by atoms with van der Waals surface area (Å²) in [6.45, 7) is 3.60. The summed E-state index contributed by atoms with van der Waals surface area (Å²) in [6.07, 6.45) is 2.71. The van der Waals surface area contributed by atoms with Gasteiger partial charge >= 0.3 is 0 Å². The number of hydrogen-bond acceptors (Lipinski definition) is 1. The molecule has 1 fully saturated rings. The first-order valence-corrected chi connectivity index (χ1v) is 8.69. The summed E-state index contributed by atoms with van der Waals surface area (Å²) in [7, 11) is 0.0902. The van der Waals surface area contributed by atoms with Crippen molar-refractivity contribution < 1.29 is 0 Å². The fraction of sp³-hybridized carbons (Fsp3) is 0.294. The third-order valence-electron chi connectivity index (χ3n) is 3.74. The van der Waals surface area contributed by atoms with Gasteiger partial charge in [-0.25, -0.2) is 0 Å². The van der Waals surface area contributed by atoms with Crippen molar-refractivity contribution in [2.24, 2.45) is 0 Å². The van der Waals surface area contributed by atoms with E-state index in [4.69, 9.17) is 0 Å². The second-order valence-corrected chi connectivity index (χ2v) is 7.57. The molecular weight excluding hydrogens is 249 g/mol. The van der Waals surface area contributed by atoms with Gasteiger partial charge in [0.2, 0.25) is 0 Å². The third kappa shape index (κ3) is 3.43. The lowest BCUT2D eigenvalue weighted by molar-refractivity contribution is 0.292. The van der Waals surface area contributed by atoms with Crippen LogP contribution in [0.25, 0.3) is 0 Å². The van der Waals surface area contributed by atoms with E-state index in [9.17, 15) is 0 Å². The highest BCUT2D eigenvalue weighted by atomic mass is 31.1. The van der Waals surface area contributed by atoms with Crippen LogP contribution in [0.3, 0.4) is 0 Å². The van der Waals surface area contributed by atoms with Crippen LogP contribution in [-0.2, 0) is 6.54 Å². The van der Waals surface area contributed by atoms with Crippen molar-refractivity contribution in [1.29, 1.82) is 0 Å². The number of hydrogen-bond donors (Lipinski definition) is 0. The van der Waals surface area contributed by atoms with Crippen molar-refractivity contribution in [1.82, 2.24) is 4.90 Å². The maximum atomic E-state index is 2.59. The average molecular weight is 269 g/mol. The van der Waals surface area contributed by atoms with Crippen LogP contribution in [0.1, 0.15) is 5.56 Å². The Labute approximate surface area is 117 Å². The Morgan fingerprint density at radius 1 is 0.789 bits per heavy atom. The first-order chi connectivity index (χ1) is 9.42. The van der Waals surface area contributed by atoms with Crippen molar-refractivity contribution in [3.05, 3.63) is 66.2 Å². The smallest absolute Gasteiger partial charge is 0.0234 e. The highest BCUT2D eigenvalue weighted by Gasteiger charge is 2.19. The molecule has 3 rings (SSSR count). The Bertz CT molecular complexity index is 489. The molecule has 2 heteroatoms. The van der Waals surface area contributed by atoms with Crippen molar-refractivity contribution in [3.63, 3.8) is 0 Å². The lowest BCUT2D eigenvalue weighted by Crippen LogP contribution is -2.34. The monoisotopic (exact) mass is 269 g/mol. The quantitative estimate of drug-likeness (QED) is 0.773. The van der Waals surface area contributed by atoms with Crippen molar-refractivity contribution >= 4 is 13.2 Å². The lowest BCUT2D eigenvalue weighted by atomic mass is 10.2. The maximum Gasteiger partial charge on any atom is 0.0234 e. The van der Waals surface area contributed by atoms with E-state index in [2.05, 4.69) is 65.6 Å². The highest BCUT2D eigenvalue weighted by Crippen LogP contribution is 2.36. The minimum Gasteiger partial charge on any atom is -0.298 e. The van der Waals surface area contributed by atoms with Crippen LogP contribution in [-0.4, -0.2) is 30.3 Å². The Morgan fingerprint density at radius 2 is 1.37 bits per heavy atom. The standard InChI is InChI=1S/C17H20NP/c1-3-7-16(8-4-1)15-18-11-13-19(14-12-18)17-9-5-2-6-10-17/h1-10H,11-15H2. The number of rotatable bonds is 3. The first kappa shape index (κ1) is 12.8. The molecule has 0 aliphatic carbocycles. The van der Waals surface area contributed by atoms with Gasteiger partial charge in [0.25, 0.3) is 0 Å². The minimum atomic E-state index is 0.0902. The molecule has 1 nitrogen and oxygen atoms in total. The minimum absolute atomic E-state index is 0.0902. The maximum absolute atomic E-state index is 2.59. The Hall–Kier alpha value is -1.17. The number of nitrogens with zero attached hydrogens (tertiary/aromatic N) is 1. The highest BCUT2D eigenvalue weighted by molar-refractivity contribution is 7.65. The molecule has 0 N–H and O–H groups in total. The van der Waals surface area contributed by atoms with Crippen molar-refractivity contribution in [2.75, 3.05) is 25.4 Å². The van der Waals surface area contributed by atoms with Crippen LogP contribution in [0, 0.1) is 0 Å². The van der Waals surface area contributed by atoms with Gasteiger partial charge in [-0.2, -0.15) is 0 Å². The predicted molar refractivity (Wildman–Crippen MR) is 84.4 cm³/mol. The van der Waals surface area contributed by atoms with Crippen molar-refractivity contribution in [3.8, 4) is 0 Å². The molecular formula is C17H20NP. The van der Waals surface area contributed by atoms with Gasteiger partial charge < -0.3 is 0 Å². The molecule has 0 amide bonds. The zero-order valence-corrected chi connectivity index (χ0v) is 12.1. The average Bonchev–Trinajstić information content (AvgIpc) is 2.50. The van der Waals surface area contributed by atoms with E-state index in [1.54, 1.807) is 5.30 Å². The molecule has 2 aromatic rings. The second-order valence-electron chi connectivity index (χ2n) is 5.08.